The molecular formula is C24H23N5O. The number of amides is 1. The summed E-state index contributed by atoms with van der Waals surface area (Å²) in [6, 6.07) is 17.8. The fourth-order valence-electron chi connectivity index (χ4n) is 4.14. The number of allylic oxidation sites excluding steroid dienone is 1. The second-order valence-corrected chi connectivity index (χ2v) is 7.79. The highest BCUT2D eigenvalue weighted by Crippen LogP contribution is 2.30. The Hall–Kier alpha value is -3.54. The van der Waals surface area contributed by atoms with E-state index in [0.717, 1.165) is 40.6 Å². The first-order chi connectivity index (χ1) is 14.6. The van der Waals surface area contributed by atoms with Gasteiger partial charge in [-0.05, 0) is 43.2 Å². The molecular weight excluding hydrogens is 374 g/mol. The van der Waals surface area contributed by atoms with Gasteiger partial charge in [0.2, 0.25) is 0 Å². The van der Waals surface area contributed by atoms with Crippen LogP contribution in [0.1, 0.15) is 48.3 Å². The molecule has 0 saturated heterocycles. The molecule has 2 aliphatic rings. The van der Waals surface area contributed by atoms with Gasteiger partial charge in [0.25, 0.3) is 5.91 Å². The molecule has 3 aromatic rings. The summed E-state index contributed by atoms with van der Waals surface area (Å²) in [5.74, 6) is 1.63. The van der Waals surface area contributed by atoms with Crippen molar-refractivity contribution in [2.45, 2.75) is 32.9 Å². The van der Waals surface area contributed by atoms with Crippen molar-refractivity contribution in [1.29, 1.82) is 0 Å². The fraction of sp³-hybridized carbons (Fsp3) is 0.250. The van der Waals surface area contributed by atoms with Crippen LogP contribution in [0.25, 0.3) is 16.8 Å². The molecule has 0 N–H and O–H groups in total. The zero-order valence-corrected chi connectivity index (χ0v) is 17.1. The molecule has 1 amide bonds. The standard InChI is InChI=1S/C24H23N5O/c1-16-8-13-21(25-16)23-27-26-22-17(2)28(14-15-29(22)23)24(30)20-11-9-19(10-12-20)18-6-4-3-5-7-18/h3-7,9-13,17H,8,14-15H2,1-2H3/t17-/m1/s1. The van der Waals surface area contributed by atoms with Crippen LogP contribution in [0.2, 0.25) is 0 Å². The van der Waals surface area contributed by atoms with Gasteiger partial charge in [-0.1, -0.05) is 42.5 Å². The van der Waals surface area contributed by atoms with Gasteiger partial charge in [-0.2, -0.15) is 0 Å². The van der Waals surface area contributed by atoms with Crippen molar-refractivity contribution in [1.82, 2.24) is 19.7 Å². The Morgan fingerprint density at radius 1 is 0.967 bits per heavy atom. The maximum Gasteiger partial charge on any atom is 0.254 e. The average Bonchev–Trinajstić information content (AvgIpc) is 3.41. The molecule has 150 valence electrons. The number of rotatable bonds is 3. The molecule has 2 aliphatic heterocycles. The lowest BCUT2D eigenvalue weighted by molar-refractivity contribution is 0.0637. The van der Waals surface area contributed by atoms with Crippen molar-refractivity contribution < 1.29 is 4.79 Å². The van der Waals surface area contributed by atoms with Gasteiger partial charge in [-0.15, -0.1) is 10.2 Å². The van der Waals surface area contributed by atoms with Crippen LogP contribution in [0.4, 0.5) is 0 Å². The van der Waals surface area contributed by atoms with E-state index in [1.807, 2.05) is 61.2 Å². The van der Waals surface area contributed by atoms with Gasteiger partial charge in [0.15, 0.2) is 11.6 Å². The van der Waals surface area contributed by atoms with Crippen molar-refractivity contribution >= 4 is 17.3 Å². The number of carbonyl (C=O) groups excluding carboxylic acids is 1. The molecule has 1 atom stereocenters. The molecule has 0 bridgehead atoms. The Balaban J connectivity index is 1.37. The first kappa shape index (κ1) is 18.5. The molecule has 6 heteroatoms. The molecule has 0 saturated carbocycles. The summed E-state index contributed by atoms with van der Waals surface area (Å²) < 4.78 is 2.10. The van der Waals surface area contributed by atoms with E-state index in [4.69, 9.17) is 0 Å². The highest BCUT2D eigenvalue weighted by atomic mass is 16.2. The summed E-state index contributed by atoms with van der Waals surface area (Å²) >= 11 is 0. The third-order valence-corrected chi connectivity index (χ3v) is 5.82. The zero-order valence-electron chi connectivity index (χ0n) is 17.1. The van der Waals surface area contributed by atoms with Gasteiger partial charge in [-0.25, -0.2) is 0 Å². The van der Waals surface area contributed by atoms with Crippen LogP contribution in [-0.2, 0) is 6.54 Å². The smallest absolute Gasteiger partial charge is 0.254 e. The number of hydrogen-bond donors (Lipinski definition) is 0. The lowest BCUT2D eigenvalue weighted by Crippen LogP contribution is -2.41. The van der Waals surface area contributed by atoms with Crippen LogP contribution in [0, 0.1) is 0 Å². The predicted molar refractivity (Wildman–Crippen MR) is 117 cm³/mol. The van der Waals surface area contributed by atoms with E-state index in [0.29, 0.717) is 18.7 Å². The number of aliphatic imine (C=N–C) groups is 1. The van der Waals surface area contributed by atoms with Crippen LogP contribution in [0.5, 0.6) is 0 Å². The van der Waals surface area contributed by atoms with Crippen molar-refractivity contribution in [3.63, 3.8) is 0 Å². The van der Waals surface area contributed by atoms with Gasteiger partial charge in [0.05, 0.1) is 6.04 Å². The molecule has 0 radical (unpaired) electrons. The van der Waals surface area contributed by atoms with Crippen LogP contribution in [-0.4, -0.2) is 37.8 Å². The number of fused-ring (bicyclic) bond motifs is 1. The van der Waals surface area contributed by atoms with E-state index < -0.39 is 0 Å². The van der Waals surface area contributed by atoms with Gasteiger partial charge < -0.3 is 9.47 Å². The monoisotopic (exact) mass is 397 g/mol. The van der Waals surface area contributed by atoms with Gasteiger partial charge >= 0.3 is 0 Å². The zero-order chi connectivity index (χ0) is 20.7. The minimum absolute atomic E-state index is 0.0202. The molecule has 1 aromatic heterocycles. The Morgan fingerprint density at radius 3 is 2.40 bits per heavy atom. The van der Waals surface area contributed by atoms with Crippen molar-refractivity contribution in [2.75, 3.05) is 6.54 Å². The lowest BCUT2D eigenvalue weighted by Gasteiger charge is -2.33. The molecule has 0 fully saturated rings. The van der Waals surface area contributed by atoms with E-state index in [9.17, 15) is 4.79 Å². The number of benzene rings is 2. The predicted octanol–water partition coefficient (Wildman–Crippen LogP) is 4.37. The van der Waals surface area contributed by atoms with Gasteiger partial charge in [0, 0.05) is 30.8 Å². The highest BCUT2D eigenvalue weighted by molar-refractivity contribution is 5.95. The average molecular weight is 397 g/mol. The molecule has 5 rings (SSSR count). The first-order valence-electron chi connectivity index (χ1n) is 10.3. The number of hydrogen-bond acceptors (Lipinski definition) is 4. The summed E-state index contributed by atoms with van der Waals surface area (Å²) in [4.78, 5) is 19.7. The van der Waals surface area contributed by atoms with E-state index in [-0.39, 0.29) is 11.9 Å². The minimum Gasteiger partial charge on any atom is -0.327 e. The molecule has 30 heavy (non-hydrogen) atoms. The van der Waals surface area contributed by atoms with E-state index in [2.05, 4.69) is 38.0 Å². The molecule has 0 aliphatic carbocycles. The number of carbonyl (C=O) groups is 1. The van der Waals surface area contributed by atoms with E-state index in [1.54, 1.807) is 0 Å². The third-order valence-electron chi connectivity index (χ3n) is 5.82. The number of nitrogens with zero attached hydrogens (tertiary/aromatic N) is 5. The highest BCUT2D eigenvalue weighted by Gasteiger charge is 2.32. The molecule has 0 unspecified atom stereocenters. The largest absolute Gasteiger partial charge is 0.327 e. The third kappa shape index (κ3) is 3.14. The van der Waals surface area contributed by atoms with Gasteiger partial charge in [0.1, 0.15) is 5.70 Å². The van der Waals surface area contributed by atoms with E-state index >= 15 is 0 Å². The van der Waals surface area contributed by atoms with Crippen molar-refractivity contribution in [3.8, 4) is 11.1 Å². The van der Waals surface area contributed by atoms with Crippen molar-refractivity contribution in [2.24, 2.45) is 4.99 Å². The maximum atomic E-state index is 13.2. The minimum atomic E-state index is -0.145. The van der Waals surface area contributed by atoms with Crippen LogP contribution in [0.3, 0.4) is 0 Å². The fourth-order valence-corrected chi connectivity index (χ4v) is 4.14. The summed E-state index contributed by atoms with van der Waals surface area (Å²) in [6.45, 7) is 5.32. The summed E-state index contributed by atoms with van der Waals surface area (Å²) in [7, 11) is 0. The second kappa shape index (κ2) is 7.37. The van der Waals surface area contributed by atoms with Crippen molar-refractivity contribution in [3.05, 3.63) is 77.9 Å². The Morgan fingerprint density at radius 2 is 1.70 bits per heavy atom. The molecule has 3 heterocycles. The molecule has 0 spiro atoms. The Kier molecular flexibility index (Phi) is 4.54. The number of aromatic nitrogens is 3. The Labute approximate surface area is 175 Å². The summed E-state index contributed by atoms with van der Waals surface area (Å²) in [5.41, 5.74) is 4.90. The van der Waals surface area contributed by atoms with Gasteiger partial charge in [-0.3, -0.25) is 9.79 Å². The second-order valence-electron chi connectivity index (χ2n) is 7.79. The van der Waals surface area contributed by atoms with E-state index in [1.165, 1.54) is 0 Å². The lowest BCUT2D eigenvalue weighted by atomic mass is 10.0. The van der Waals surface area contributed by atoms with Crippen LogP contribution >= 0.6 is 0 Å². The Bertz CT molecular complexity index is 1160. The summed E-state index contributed by atoms with van der Waals surface area (Å²) in [5, 5.41) is 8.77. The first-order valence-corrected chi connectivity index (χ1v) is 10.3. The maximum absolute atomic E-state index is 13.2. The van der Waals surface area contributed by atoms with Crippen LogP contribution in [0.15, 0.2) is 65.7 Å². The quantitative estimate of drug-likeness (QED) is 0.659. The molecule has 6 nitrogen and oxygen atoms in total. The van der Waals surface area contributed by atoms with Crippen LogP contribution < -0.4 is 0 Å². The topological polar surface area (TPSA) is 63.4 Å². The summed E-state index contributed by atoms with van der Waals surface area (Å²) in [6.07, 6.45) is 2.94. The SMILES string of the molecule is CC1=NC(c2nnc3n2CCN(C(=O)c2ccc(-c4ccccc4)cc2)[C@@H]3C)=CC1. The molecule has 2 aromatic carbocycles. The normalized spacial score (nSPS) is 18.1.